The van der Waals surface area contributed by atoms with Crippen LogP contribution in [0.1, 0.15) is 12.8 Å². The number of alkyl halides is 3. The summed E-state index contributed by atoms with van der Waals surface area (Å²) in [4.78, 5) is 13.4. The van der Waals surface area contributed by atoms with Gasteiger partial charge in [-0.15, -0.1) is 13.2 Å². The smallest absolute Gasteiger partial charge is 0.406 e. The van der Waals surface area contributed by atoms with Crippen molar-refractivity contribution in [1.29, 1.82) is 0 Å². The molecule has 1 aliphatic heterocycles. The van der Waals surface area contributed by atoms with Crippen LogP contribution in [0.15, 0.2) is 24.3 Å². The Labute approximate surface area is 108 Å². The van der Waals surface area contributed by atoms with Gasteiger partial charge in [0.1, 0.15) is 5.75 Å². The third-order valence-corrected chi connectivity index (χ3v) is 2.71. The molecule has 0 spiro atoms. The Morgan fingerprint density at radius 3 is 2.58 bits per heavy atom. The van der Waals surface area contributed by atoms with Crippen molar-refractivity contribution < 1.29 is 22.7 Å². The van der Waals surface area contributed by atoms with E-state index in [2.05, 4.69) is 10.1 Å². The van der Waals surface area contributed by atoms with Crippen molar-refractivity contribution >= 4 is 11.7 Å². The van der Waals surface area contributed by atoms with E-state index in [1.54, 1.807) is 4.90 Å². The fourth-order valence-electron chi connectivity index (χ4n) is 1.89. The number of amides is 2. The number of anilines is 1. The molecular formula is C12H13F3N2O2. The number of hydrogen-bond donors (Lipinski definition) is 1. The van der Waals surface area contributed by atoms with Crippen molar-refractivity contribution in [1.82, 2.24) is 4.90 Å². The zero-order valence-electron chi connectivity index (χ0n) is 10.0. The first kappa shape index (κ1) is 13.5. The minimum absolute atomic E-state index is 0.277. The molecule has 1 fully saturated rings. The molecule has 1 aromatic rings. The third-order valence-electron chi connectivity index (χ3n) is 2.71. The maximum atomic E-state index is 12.1. The molecule has 1 heterocycles. The molecule has 0 aliphatic carbocycles. The van der Waals surface area contributed by atoms with Crippen LogP contribution in [-0.2, 0) is 0 Å². The molecule has 1 aromatic carbocycles. The number of nitrogens with one attached hydrogen (secondary N) is 1. The van der Waals surface area contributed by atoms with E-state index < -0.39 is 6.36 Å². The Morgan fingerprint density at radius 1 is 1.26 bits per heavy atom. The lowest BCUT2D eigenvalue weighted by Crippen LogP contribution is -2.32. The highest BCUT2D eigenvalue weighted by Gasteiger charge is 2.31. The van der Waals surface area contributed by atoms with Crippen LogP contribution in [0.5, 0.6) is 5.75 Å². The molecule has 2 rings (SSSR count). The maximum Gasteiger partial charge on any atom is 0.573 e. The number of ether oxygens (including phenoxy) is 1. The number of likely N-dealkylation sites (tertiary alicyclic amines) is 1. The fourth-order valence-corrected chi connectivity index (χ4v) is 1.89. The van der Waals surface area contributed by atoms with Gasteiger partial charge in [-0.1, -0.05) is 6.07 Å². The minimum atomic E-state index is -4.74. The van der Waals surface area contributed by atoms with Gasteiger partial charge in [0.2, 0.25) is 0 Å². The first-order chi connectivity index (χ1) is 8.94. The normalized spacial score (nSPS) is 15.4. The molecule has 4 nitrogen and oxygen atoms in total. The van der Waals surface area contributed by atoms with Crippen molar-refractivity contribution in [2.24, 2.45) is 0 Å². The van der Waals surface area contributed by atoms with Crippen LogP contribution in [0.3, 0.4) is 0 Å². The second-order valence-electron chi connectivity index (χ2n) is 4.20. The standard InChI is InChI=1S/C12H13F3N2O2/c13-12(14,15)19-10-5-3-4-9(8-10)16-11(18)17-6-1-2-7-17/h3-5,8H,1-2,6-7H2,(H,16,18). The summed E-state index contributed by atoms with van der Waals surface area (Å²) in [6.45, 7) is 1.34. The number of urea groups is 1. The molecule has 1 aliphatic rings. The Balaban J connectivity index is 2.00. The molecule has 19 heavy (non-hydrogen) atoms. The van der Waals surface area contributed by atoms with Crippen LogP contribution in [0, 0.1) is 0 Å². The summed E-state index contributed by atoms with van der Waals surface area (Å²) < 4.78 is 40.0. The summed E-state index contributed by atoms with van der Waals surface area (Å²) in [5.74, 6) is -0.355. The van der Waals surface area contributed by atoms with E-state index in [-0.39, 0.29) is 17.5 Å². The van der Waals surface area contributed by atoms with Crippen molar-refractivity contribution in [3.63, 3.8) is 0 Å². The molecule has 2 amide bonds. The summed E-state index contributed by atoms with van der Waals surface area (Å²) in [6.07, 6.45) is -2.84. The number of benzene rings is 1. The molecule has 7 heteroatoms. The maximum absolute atomic E-state index is 12.1. The van der Waals surface area contributed by atoms with Crippen LogP contribution in [-0.4, -0.2) is 30.4 Å². The molecule has 0 radical (unpaired) electrons. The highest BCUT2D eigenvalue weighted by Crippen LogP contribution is 2.25. The van der Waals surface area contributed by atoms with Gasteiger partial charge in [0.15, 0.2) is 0 Å². The van der Waals surface area contributed by atoms with E-state index in [9.17, 15) is 18.0 Å². The van der Waals surface area contributed by atoms with Crippen molar-refractivity contribution in [3.05, 3.63) is 24.3 Å². The van der Waals surface area contributed by atoms with E-state index in [4.69, 9.17) is 0 Å². The van der Waals surface area contributed by atoms with Crippen LogP contribution in [0.2, 0.25) is 0 Å². The predicted octanol–water partition coefficient (Wildman–Crippen LogP) is 3.21. The van der Waals surface area contributed by atoms with Gasteiger partial charge in [0.05, 0.1) is 0 Å². The quantitative estimate of drug-likeness (QED) is 0.899. The molecule has 0 unspecified atom stereocenters. The second-order valence-corrected chi connectivity index (χ2v) is 4.20. The average molecular weight is 274 g/mol. The summed E-state index contributed by atoms with van der Waals surface area (Å²) in [7, 11) is 0. The first-order valence-corrected chi connectivity index (χ1v) is 5.86. The average Bonchev–Trinajstić information content (AvgIpc) is 2.80. The van der Waals surface area contributed by atoms with E-state index in [0.717, 1.165) is 18.9 Å². The van der Waals surface area contributed by atoms with Gasteiger partial charge in [0, 0.05) is 24.8 Å². The van der Waals surface area contributed by atoms with E-state index in [0.29, 0.717) is 13.1 Å². The number of carbonyl (C=O) groups is 1. The number of carbonyl (C=O) groups excluding carboxylic acids is 1. The zero-order valence-corrected chi connectivity index (χ0v) is 10.0. The largest absolute Gasteiger partial charge is 0.573 e. The molecule has 104 valence electrons. The van der Waals surface area contributed by atoms with E-state index in [1.165, 1.54) is 18.2 Å². The molecule has 1 N–H and O–H groups in total. The summed E-state index contributed by atoms with van der Waals surface area (Å²) in [5.41, 5.74) is 0.277. The summed E-state index contributed by atoms with van der Waals surface area (Å²) >= 11 is 0. The van der Waals surface area contributed by atoms with Crippen LogP contribution < -0.4 is 10.1 Å². The van der Waals surface area contributed by atoms with Gasteiger partial charge in [-0.3, -0.25) is 0 Å². The Kier molecular flexibility index (Phi) is 3.82. The Bertz CT molecular complexity index is 457. The van der Waals surface area contributed by atoms with E-state index in [1.807, 2.05) is 0 Å². The lowest BCUT2D eigenvalue weighted by Gasteiger charge is -2.16. The zero-order chi connectivity index (χ0) is 13.9. The van der Waals surface area contributed by atoms with Crippen LogP contribution >= 0.6 is 0 Å². The Morgan fingerprint density at radius 2 is 1.95 bits per heavy atom. The highest BCUT2D eigenvalue weighted by atomic mass is 19.4. The van der Waals surface area contributed by atoms with Gasteiger partial charge in [-0.25, -0.2) is 4.79 Å². The lowest BCUT2D eigenvalue weighted by molar-refractivity contribution is -0.274. The summed E-state index contributed by atoms with van der Waals surface area (Å²) in [6, 6.07) is 4.92. The first-order valence-electron chi connectivity index (χ1n) is 5.86. The summed E-state index contributed by atoms with van der Waals surface area (Å²) in [5, 5.41) is 2.55. The van der Waals surface area contributed by atoms with Crippen LogP contribution in [0.4, 0.5) is 23.7 Å². The second kappa shape index (κ2) is 5.38. The number of hydrogen-bond acceptors (Lipinski definition) is 2. The van der Waals surface area contributed by atoms with E-state index >= 15 is 0 Å². The number of rotatable bonds is 2. The van der Waals surface area contributed by atoms with Crippen molar-refractivity contribution in [2.75, 3.05) is 18.4 Å². The Hall–Kier alpha value is -1.92. The number of nitrogens with zero attached hydrogens (tertiary/aromatic N) is 1. The van der Waals surface area contributed by atoms with Gasteiger partial charge in [0.25, 0.3) is 0 Å². The fraction of sp³-hybridized carbons (Fsp3) is 0.417. The lowest BCUT2D eigenvalue weighted by atomic mass is 10.3. The molecule has 0 aromatic heterocycles. The van der Waals surface area contributed by atoms with Crippen LogP contribution in [0.25, 0.3) is 0 Å². The van der Waals surface area contributed by atoms with Gasteiger partial charge >= 0.3 is 12.4 Å². The highest BCUT2D eigenvalue weighted by molar-refractivity contribution is 5.89. The van der Waals surface area contributed by atoms with Crippen molar-refractivity contribution in [2.45, 2.75) is 19.2 Å². The topological polar surface area (TPSA) is 41.6 Å². The monoisotopic (exact) mass is 274 g/mol. The molecule has 0 atom stereocenters. The third kappa shape index (κ3) is 4.04. The molecule has 1 saturated heterocycles. The van der Waals surface area contributed by atoms with Crippen molar-refractivity contribution in [3.8, 4) is 5.75 Å². The SMILES string of the molecule is O=C(Nc1cccc(OC(F)(F)F)c1)N1CCCC1. The minimum Gasteiger partial charge on any atom is -0.406 e. The number of halogens is 3. The van der Waals surface area contributed by atoms with Gasteiger partial charge < -0.3 is 15.0 Å². The molecular weight excluding hydrogens is 261 g/mol. The van der Waals surface area contributed by atoms with Gasteiger partial charge in [-0.05, 0) is 25.0 Å². The molecule has 0 bridgehead atoms. The predicted molar refractivity (Wildman–Crippen MR) is 63.0 cm³/mol. The molecule has 0 saturated carbocycles. The van der Waals surface area contributed by atoms with Gasteiger partial charge in [-0.2, -0.15) is 0 Å².